The van der Waals surface area contributed by atoms with E-state index in [0.29, 0.717) is 0 Å². The number of rotatable bonds is 3. The van der Waals surface area contributed by atoms with Gasteiger partial charge in [-0.25, -0.2) is 4.57 Å². The van der Waals surface area contributed by atoms with Gasteiger partial charge in [0.05, 0.1) is 0 Å². The second-order valence-corrected chi connectivity index (χ2v) is 3.47. The van der Waals surface area contributed by atoms with Gasteiger partial charge in [0.15, 0.2) is 12.4 Å². The van der Waals surface area contributed by atoms with Crippen LogP contribution in [-0.4, -0.2) is 5.97 Å². The van der Waals surface area contributed by atoms with Gasteiger partial charge < -0.3 is 9.90 Å². The maximum absolute atomic E-state index is 8.89. The Morgan fingerprint density at radius 2 is 1.87 bits per heavy atom. The van der Waals surface area contributed by atoms with Crippen molar-refractivity contribution in [2.75, 3.05) is 0 Å². The lowest BCUT2D eigenvalue weighted by molar-refractivity contribution is -0.671. The molecule has 0 aliphatic heterocycles. The molecule has 0 saturated heterocycles. The molecule has 0 N–H and O–H groups in total. The summed E-state index contributed by atoms with van der Waals surface area (Å²) >= 11 is 0. The van der Waals surface area contributed by atoms with Crippen LogP contribution >= 0.6 is 0 Å². The molecule has 0 unspecified atom stereocenters. The second-order valence-electron chi connectivity index (χ2n) is 3.47. The van der Waals surface area contributed by atoms with Crippen LogP contribution in [0.5, 0.6) is 0 Å². The summed E-state index contributed by atoms with van der Waals surface area (Å²) in [5.41, 5.74) is 1.45. The molecule has 0 atom stereocenters. The Bertz CT molecular complexity index is 276. The molecule has 3 heteroatoms. The third-order valence-electron chi connectivity index (χ3n) is 1.87. The molecule has 0 aliphatic rings. The van der Waals surface area contributed by atoms with Crippen LogP contribution in [0.1, 0.15) is 32.3 Å². The van der Waals surface area contributed by atoms with Gasteiger partial charge in [0.1, 0.15) is 7.05 Å². The maximum Gasteiger partial charge on any atom is 0.168 e. The van der Waals surface area contributed by atoms with Crippen molar-refractivity contribution in [1.82, 2.24) is 0 Å². The van der Waals surface area contributed by atoms with Gasteiger partial charge in [-0.05, 0) is 25.3 Å². The Labute approximate surface area is 91.4 Å². The van der Waals surface area contributed by atoms with E-state index in [4.69, 9.17) is 9.90 Å². The number of nitrogens with zero attached hydrogens (tertiary/aromatic N) is 1. The Hall–Kier alpha value is -1.38. The molecule has 0 aliphatic carbocycles. The quantitative estimate of drug-likeness (QED) is 0.685. The Balaban J connectivity index is 0.000000423. The predicted octanol–water partition coefficient (Wildman–Crippen LogP) is 0.610. The largest absolute Gasteiger partial charge is 0.550 e. The average molecular weight is 209 g/mol. The summed E-state index contributed by atoms with van der Waals surface area (Å²) in [6.07, 6.45) is 8.00. The molecule has 0 radical (unpaired) electrons. The number of aromatic nitrogens is 1. The zero-order valence-corrected chi connectivity index (χ0v) is 9.69. The second kappa shape index (κ2) is 7.97. The number of aryl methyl sites for hydroxylation is 2. The molecule has 0 bridgehead atoms. The van der Waals surface area contributed by atoms with E-state index in [1.807, 2.05) is 7.05 Å². The van der Waals surface area contributed by atoms with Gasteiger partial charge in [-0.1, -0.05) is 13.3 Å². The molecule has 1 aromatic heterocycles. The summed E-state index contributed by atoms with van der Waals surface area (Å²) in [5.74, 6) is -1.08. The van der Waals surface area contributed by atoms with E-state index in [-0.39, 0.29) is 0 Å². The van der Waals surface area contributed by atoms with Crippen LogP contribution in [0.4, 0.5) is 0 Å². The molecule has 1 heterocycles. The van der Waals surface area contributed by atoms with Crippen LogP contribution in [0, 0.1) is 0 Å². The van der Waals surface area contributed by atoms with Crippen LogP contribution in [0.15, 0.2) is 24.5 Å². The first-order valence-electron chi connectivity index (χ1n) is 5.18. The first-order valence-corrected chi connectivity index (χ1v) is 5.18. The fourth-order valence-corrected chi connectivity index (χ4v) is 1.08. The molecule has 0 aromatic carbocycles. The first-order chi connectivity index (χ1) is 7.06. The van der Waals surface area contributed by atoms with Crippen LogP contribution in [0.25, 0.3) is 0 Å². The van der Waals surface area contributed by atoms with Gasteiger partial charge >= 0.3 is 0 Å². The van der Waals surface area contributed by atoms with Gasteiger partial charge in [-0.15, -0.1) is 0 Å². The summed E-state index contributed by atoms with van der Waals surface area (Å²) in [6, 6.07) is 4.38. The highest BCUT2D eigenvalue weighted by molar-refractivity contribution is 5.60. The smallest absolute Gasteiger partial charge is 0.168 e. The number of aliphatic carboxylic acids is 1. The molecule has 0 fully saturated rings. The lowest BCUT2D eigenvalue weighted by atomic mass is 10.1. The number of hydrogen-bond acceptors (Lipinski definition) is 2. The van der Waals surface area contributed by atoms with Crippen LogP contribution in [0.3, 0.4) is 0 Å². The van der Waals surface area contributed by atoms with Crippen LogP contribution in [0.2, 0.25) is 0 Å². The molecule has 1 rings (SSSR count). The molecule has 0 spiro atoms. The molecular weight excluding hydrogens is 190 g/mol. The maximum atomic E-state index is 8.89. The summed E-state index contributed by atoms with van der Waals surface area (Å²) in [4.78, 5) is 8.89. The highest BCUT2D eigenvalue weighted by Crippen LogP contribution is 2.01. The number of carbonyl (C=O) groups is 1. The Morgan fingerprint density at radius 1 is 1.40 bits per heavy atom. The van der Waals surface area contributed by atoms with E-state index in [2.05, 4.69) is 36.0 Å². The minimum atomic E-state index is -1.08. The summed E-state index contributed by atoms with van der Waals surface area (Å²) in [7, 11) is 2.05. The monoisotopic (exact) mass is 209 g/mol. The van der Waals surface area contributed by atoms with Crippen molar-refractivity contribution in [3.8, 4) is 0 Å². The average Bonchev–Trinajstić information content (AvgIpc) is 2.16. The molecule has 1 aromatic rings. The zero-order chi connectivity index (χ0) is 11.7. The van der Waals surface area contributed by atoms with Crippen molar-refractivity contribution in [3.63, 3.8) is 0 Å². The van der Waals surface area contributed by atoms with Crippen molar-refractivity contribution in [1.29, 1.82) is 0 Å². The minimum Gasteiger partial charge on any atom is -0.550 e. The van der Waals surface area contributed by atoms with Gasteiger partial charge in [0.25, 0.3) is 0 Å². The van der Waals surface area contributed by atoms with Crippen LogP contribution in [-0.2, 0) is 18.3 Å². The van der Waals surface area contributed by atoms with E-state index in [1.165, 1.54) is 24.8 Å². The molecule has 0 amide bonds. The van der Waals surface area contributed by atoms with Gasteiger partial charge in [-0.2, -0.15) is 0 Å². The lowest BCUT2D eigenvalue weighted by Gasteiger charge is -1.96. The first kappa shape index (κ1) is 13.6. The minimum absolute atomic E-state index is 0.972. The van der Waals surface area contributed by atoms with E-state index in [1.54, 1.807) is 0 Å². The van der Waals surface area contributed by atoms with Crippen molar-refractivity contribution in [2.45, 2.75) is 33.1 Å². The SMILES string of the molecule is CC(=O)[O-].CCCCc1cc[n+](C)cc1. The molecular formula is C12H19NO2. The van der Waals surface area contributed by atoms with Crippen molar-refractivity contribution in [2.24, 2.45) is 7.05 Å². The third kappa shape index (κ3) is 8.94. The van der Waals surface area contributed by atoms with Crippen molar-refractivity contribution >= 4 is 5.97 Å². The van der Waals surface area contributed by atoms with Crippen molar-refractivity contribution in [3.05, 3.63) is 30.1 Å². The van der Waals surface area contributed by atoms with Crippen molar-refractivity contribution < 1.29 is 14.5 Å². The number of carboxylic acid groups (broad SMARTS) is 1. The molecule has 3 nitrogen and oxygen atoms in total. The van der Waals surface area contributed by atoms with E-state index in [9.17, 15) is 0 Å². The summed E-state index contributed by atoms with van der Waals surface area (Å²) < 4.78 is 2.06. The number of pyridine rings is 1. The van der Waals surface area contributed by atoms with Gasteiger partial charge in [0, 0.05) is 18.1 Å². The Kier molecular flexibility index (Phi) is 7.24. The molecule has 84 valence electrons. The standard InChI is InChI=1S/C10H16N.C2H4O2/c1-3-4-5-10-6-8-11(2)9-7-10;1-2(3)4/h6-9H,3-5H2,1-2H3;1H3,(H,3,4)/q+1;/p-1. The van der Waals surface area contributed by atoms with Crippen LogP contribution < -0.4 is 9.67 Å². The molecule has 15 heavy (non-hydrogen) atoms. The van der Waals surface area contributed by atoms with E-state index >= 15 is 0 Å². The topological polar surface area (TPSA) is 44.0 Å². The van der Waals surface area contributed by atoms with E-state index in [0.717, 1.165) is 6.92 Å². The Morgan fingerprint density at radius 3 is 2.27 bits per heavy atom. The highest BCUT2D eigenvalue weighted by atomic mass is 16.4. The zero-order valence-electron chi connectivity index (χ0n) is 9.69. The highest BCUT2D eigenvalue weighted by Gasteiger charge is 1.93. The fourth-order valence-electron chi connectivity index (χ4n) is 1.08. The predicted molar refractivity (Wildman–Crippen MR) is 56.9 cm³/mol. The fraction of sp³-hybridized carbons (Fsp3) is 0.500. The number of hydrogen-bond donors (Lipinski definition) is 0. The van der Waals surface area contributed by atoms with Gasteiger partial charge in [-0.3, -0.25) is 0 Å². The molecule has 0 saturated carbocycles. The normalized spacial score (nSPS) is 9.00. The number of carboxylic acids is 1. The lowest BCUT2D eigenvalue weighted by Crippen LogP contribution is -2.25. The summed E-state index contributed by atoms with van der Waals surface area (Å²) in [6.45, 7) is 3.20. The number of unbranched alkanes of at least 4 members (excludes halogenated alkanes) is 1. The van der Waals surface area contributed by atoms with Gasteiger partial charge in [0.2, 0.25) is 0 Å². The number of carbonyl (C=O) groups excluding carboxylic acids is 1. The summed E-state index contributed by atoms with van der Waals surface area (Å²) in [5, 5.41) is 8.89. The van der Waals surface area contributed by atoms with E-state index < -0.39 is 5.97 Å². The third-order valence-corrected chi connectivity index (χ3v) is 1.87.